The topological polar surface area (TPSA) is 89.7 Å². The number of fused-ring (bicyclic) bond motifs is 1. The molecule has 0 radical (unpaired) electrons. The zero-order valence-corrected chi connectivity index (χ0v) is 16.1. The number of benzene rings is 2. The molecule has 0 saturated carbocycles. The molecule has 1 heterocycles. The molecule has 0 aromatic heterocycles. The Labute approximate surface area is 153 Å². The summed E-state index contributed by atoms with van der Waals surface area (Å²) in [4.78, 5) is 12.0. The first kappa shape index (κ1) is 18.3. The summed E-state index contributed by atoms with van der Waals surface area (Å²) in [6.07, 6.45) is -1.04. The van der Waals surface area contributed by atoms with Gasteiger partial charge in [-0.25, -0.2) is 8.42 Å². The minimum atomic E-state index is -3.90. The lowest BCUT2D eigenvalue weighted by molar-refractivity contribution is -0.124. The van der Waals surface area contributed by atoms with Gasteiger partial charge in [0.05, 0.1) is 17.1 Å². The van der Waals surface area contributed by atoms with Gasteiger partial charge in [-0.05, 0) is 62.1 Å². The van der Waals surface area contributed by atoms with Gasteiger partial charge in [0.15, 0.2) is 6.10 Å². The van der Waals surface area contributed by atoms with E-state index in [1.807, 2.05) is 19.9 Å². The summed E-state index contributed by atoms with van der Waals surface area (Å²) in [5, 5.41) is 0. The maximum atomic E-state index is 13.6. The van der Waals surface area contributed by atoms with Crippen LogP contribution in [0, 0.1) is 27.7 Å². The molecule has 6 nitrogen and oxygen atoms in total. The number of anilines is 1. The van der Waals surface area contributed by atoms with Gasteiger partial charge in [0.25, 0.3) is 15.9 Å². The van der Waals surface area contributed by atoms with Crippen LogP contribution < -0.4 is 14.8 Å². The molecule has 1 aliphatic rings. The van der Waals surface area contributed by atoms with Crippen molar-refractivity contribution in [3.05, 3.63) is 52.6 Å². The summed E-state index contributed by atoms with van der Waals surface area (Å²) in [6.45, 7) is 7.22. The van der Waals surface area contributed by atoms with E-state index in [4.69, 9.17) is 10.5 Å². The first-order chi connectivity index (χ1) is 12.1. The molecular formula is C19H22N2O4S. The molecule has 0 saturated heterocycles. The summed E-state index contributed by atoms with van der Waals surface area (Å²) in [5.41, 5.74) is 9.00. The van der Waals surface area contributed by atoms with Gasteiger partial charge in [0.1, 0.15) is 5.75 Å². The molecule has 7 heteroatoms. The Bertz CT molecular complexity index is 973. The Morgan fingerprint density at radius 1 is 1.12 bits per heavy atom. The number of para-hydroxylation sites is 2. The normalized spacial score (nSPS) is 16.8. The maximum Gasteiger partial charge on any atom is 0.265 e. The Morgan fingerprint density at radius 2 is 1.69 bits per heavy atom. The van der Waals surface area contributed by atoms with E-state index in [0.717, 1.165) is 11.1 Å². The fourth-order valence-electron chi connectivity index (χ4n) is 3.26. The number of hydrogen-bond acceptors (Lipinski definition) is 4. The lowest BCUT2D eigenvalue weighted by atomic mass is 10.0. The van der Waals surface area contributed by atoms with E-state index >= 15 is 0 Å². The first-order valence-corrected chi connectivity index (χ1v) is 9.73. The number of primary amides is 1. The van der Waals surface area contributed by atoms with Gasteiger partial charge in [-0.1, -0.05) is 18.2 Å². The molecule has 0 unspecified atom stereocenters. The number of hydrogen-bond donors (Lipinski definition) is 1. The fraction of sp³-hybridized carbons (Fsp3) is 0.316. The van der Waals surface area contributed by atoms with Gasteiger partial charge in [-0.15, -0.1) is 0 Å². The van der Waals surface area contributed by atoms with E-state index in [-0.39, 0.29) is 11.4 Å². The van der Waals surface area contributed by atoms with Crippen molar-refractivity contribution in [1.82, 2.24) is 0 Å². The highest BCUT2D eigenvalue weighted by molar-refractivity contribution is 7.93. The van der Waals surface area contributed by atoms with Gasteiger partial charge in [-0.2, -0.15) is 0 Å². The molecule has 2 aromatic rings. The number of nitrogens with two attached hydrogens (primary N) is 1. The van der Waals surface area contributed by atoms with Crippen LogP contribution in [0.25, 0.3) is 0 Å². The Morgan fingerprint density at radius 3 is 2.27 bits per heavy atom. The van der Waals surface area contributed by atoms with E-state index < -0.39 is 22.0 Å². The summed E-state index contributed by atoms with van der Waals surface area (Å²) in [5.74, 6) is -0.376. The molecule has 0 fully saturated rings. The van der Waals surface area contributed by atoms with Crippen molar-refractivity contribution >= 4 is 21.6 Å². The monoisotopic (exact) mass is 374 g/mol. The highest BCUT2D eigenvalue weighted by Gasteiger charge is 2.38. The molecule has 1 atom stereocenters. The van der Waals surface area contributed by atoms with Gasteiger partial charge in [0, 0.05) is 0 Å². The molecule has 0 bridgehead atoms. The quantitative estimate of drug-likeness (QED) is 0.893. The van der Waals surface area contributed by atoms with Crippen LogP contribution in [-0.4, -0.2) is 27.0 Å². The molecule has 0 spiro atoms. The Balaban J connectivity index is 2.24. The van der Waals surface area contributed by atoms with Crippen LogP contribution in [0.4, 0.5) is 5.69 Å². The molecule has 1 aliphatic heterocycles. The molecule has 0 aliphatic carbocycles. The third-order valence-electron chi connectivity index (χ3n) is 4.90. The second kappa shape index (κ2) is 6.32. The molecular weight excluding hydrogens is 352 g/mol. The Kier molecular flexibility index (Phi) is 4.44. The predicted octanol–water partition coefficient (Wildman–Crippen LogP) is 2.36. The number of sulfonamides is 1. The van der Waals surface area contributed by atoms with Gasteiger partial charge < -0.3 is 10.5 Å². The average molecular weight is 374 g/mol. The van der Waals surface area contributed by atoms with Crippen molar-refractivity contribution in [2.24, 2.45) is 5.73 Å². The third-order valence-corrected chi connectivity index (χ3v) is 6.95. The number of amides is 1. The molecule has 1 amide bonds. The summed E-state index contributed by atoms with van der Waals surface area (Å²) >= 11 is 0. The predicted molar refractivity (Wildman–Crippen MR) is 100.0 cm³/mol. The van der Waals surface area contributed by atoms with E-state index in [1.54, 1.807) is 38.1 Å². The van der Waals surface area contributed by atoms with Crippen molar-refractivity contribution in [1.29, 1.82) is 0 Å². The van der Waals surface area contributed by atoms with E-state index in [9.17, 15) is 13.2 Å². The second-order valence-electron chi connectivity index (χ2n) is 6.60. The zero-order chi connectivity index (χ0) is 19.2. The van der Waals surface area contributed by atoms with Crippen LogP contribution in [0.2, 0.25) is 0 Å². The molecule has 2 N–H and O–H groups in total. The van der Waals surface area contributed by atoms with Gasteiger partial charge in [-0.3, -0.25) is 9.10 Å². The number of rotatable bonds is 3. The van der Waals surface area contributed by atoms with Crippen LogP contribution >= 0.6 is 0 Å². The fourth-order valence-corrected chi connectivity index (χ4v) is 5.31. The van der Waals surface area contributed by atoms with Gasteiger partial charge >= 0.3 is 0 Å². The summed E-state index contributed by atoms with van der Waals surface area (Å²) < 4.78 is 34.0. The van der Waals surface area contributed by atoms with Crippen LogP contribution in [0.3, 0.4) is 0 Å². The minimum Gasteiger partial charge on any atom is -0.476 e. The number of carbonyl (C=O) groups is 1. The van der Waals surface area contributed by atoms with E-state index in [1.165, 1.54) is 4.31 Å². The van der Waals surface area contributed by atoms with Crippen molar-refractivity contribution in [3.8, 4) is 5.75 Å². The molecule has 3 rings (SSSR count). The first-order valence-electron chi connectivity index (χ1n) is 8.29. The van der Waals surface area contributed by atoms with Crippen LogP contribution in [-0.2, 0) is 14.8 Å². The SMILES string of the molecule is Cc1cc(C)c(C)c(S(=O)(=O)N2C[C@H](C(N)=O)Oc3ccccc32)c1C. The van der Waals surface area contributed by atoms with E-state index in [0.29, 0.717) is 22.6 Å². The lowest BCUT2D eigenvalue weighted by Gasteiger charge is -2.35. The molecule has 26 heavy (non-hydrogen) atoms. The molecule has 138 valence electrons. The highest BCUT2D eigenvalue weighted by Crippen LogP contribution is 2.38. The highest BCUT2D eigenvalue weighted by atomic mass is 32.2. The summed E-state index contributed by atoms with van der Waals surface area (Å²) in [6, 6.07) is 8.73. The second-order valence-corrected chi connectivity index (χ2v) is 8.40. The number of ether oxygens (including phenoxy) is 1. The van der Waals surface area contributed by atoms with Crippen molar-refractivity contribution in [3.63, 3.8) is 0 Å². The number of nitrogens with zero attached hydrogens (tertiary/aromatic N) is 1. The number of carbonyl (C=O) groups excluding carboxylic acids is 1. The smallest absolute Gasteiger partial charge is 0.265 e. The zero-order valence-electron chi connectivity index (χ0n) is 15.2. The lowest BCUT2D eigenvalue weighted by Crippen LogP contribution is -2.49. The third kappa shape index (κ3) is 2.82. The largest absolute Gasteiger partial charge is 0.476 e. The van der Waals surface area contributed by atoms with E-state index in [2.05, 4.69) is 0 Å². The van der Waals surface area contributed by atoms with Crippen LogP contribution in [0.5, 0.6) is 5.75 Å². The number of aryl methyl sites for hydroxylation is 2. The summed E-state index contributed by atoms with van der Waals surface area (Å²) in [7, 11) is -3.90. The minimum absolute atomic E-state index is 0.152. The van der Waals surface area contributed by atoms with Crippen LogP contribution in [0.15, 0.2) is 35.2 Å². The Hall–Kier alpha value is -2.54. The van der Waals surface area contributed by atoms with Gasteiger partial charge in [0.2, 0.25) is 0 Å². The average Bonchev–Trinajstić information content (AvgIpc) is 2.59. The van der Waals surface area contributed by atoms with Crippen molar-refractivity contribution < 1.29 is 17.9 Å². The molecule has 2 aromatic carbocycles. The van der Waals surface area contributed by atoms with Crippen molar-refractivity contribution in [2.45, 2.75) is 38.7 Å². The van der Waals surface area contributed by atoms with Crippen molar-refractivity contribution in [2.75, 3.05) is 10.8 Å². The van der Waals surface area contributed by atoms with Crippen LogP contribution in [0.1, 0.15) is 22.3 Å². The maximum absolute atomic E-state index is 13.6. The standard InChI is InChI=1S/C19H22N2O4S/c1-11-9-12(2)14(4)18(13(11)3)26(23,24)21-10-17(19(20)22)25-16-8-6-5-7-15(16)21/h5-9,17H,10H2,1-4H3,(H2,20,22)/t17-/m1/s1.